The number of halogens is 1. The van der Waals surface area contributed by atoms with Crippen molar-refractivity contribution in [2.45, 2.75) is 44.2 Å². The molecule has 3 fully saturated rings. The fourth-order valence-corrected chi connectivity index (χ4v) is 5.60. The van der Waals surface area contributed by atoms with Crippen molar-refractivity contribution in [2.75, 3.05) is 37.6 Å². The van der Waals surface area contributed by atoms with Crippen LogP contribution in [0.15, 0.2) is 60.7 Å². The van der Waals surface area contributed by atoms with E-state index in [9.17, 15) is 4.79 Å². The summed E-state index contributed by atoms with van der Waals surface area (Å²) in [5.41, 5.74) is 2.34. The Morgan fingerprint density at radius 2 is 1.83 bits per heavy atom. The molecule has 1 saturated carbocycles. The first kappa shape index (κ1) is 23.6. The molecule has 1 N–H and O–H groups in total. The number of ether oxygens (including phenoxy) is 1. The molecule has 3 aromatic carbocycles. The second-order valence-electron chi connectivity index (χ2n) is 10.6. The molecule has 3 aliphatic rings. The highest BCUT2D eigenvalue weighted by Crippen LogP contribution is 2.33. The lowest BCUT2D eigenvalue weighted by Crippen LogP contribution is -2.50. The molecule has 36 heavy (non-hydrogen) atoms. The monoisotopic (exact) mass is 503 g/mol. The molecule has 6 rings (SSSR count). The van der Waals surface area contributed by atoms with Gasteiger partial charge in [-0.15, -0.1) is 0 Å². The van der Waals surface area contributed by atoms with Crippen molar-refractivity contribution in [1.82, 2.24) is 10.2 Å². The lowest BCUT2D eigenvalue weighted by atomic mass is 10.0. The predicted molar refractivity (Wildman–Crippen MR) is 146 cm³/mol. The number of nitrogens with zero attached hydrogens (tertiary/aromatic N) is 2. The highest BCUT2D eigenvalue weighted by molar-refractivity contribution is 6.32. The van der Waals surface area contributed by atoms with Gasteiger partial charge in [-0.3, -0.25) is 4.79 Å². The number of carbonyl (C=O) groups excluding carboxylic acids is 1. The second kappa shape index (κ2) is 10.3. The number of carbonyl (C=O) groups is 1. The number of hydrogen-bond acceptors (Lipinski definition) is 4. The zero-order chi connectivity index (χ0) is 24.5. The van der Waals surface area contributed by atoms with Crippen molar-refractivity contribution in [2.24, 2.45) is 5.92 Å². The molecule has 0 bridgehead atoms. The van der Waals surface area contributed by atoms with Crippen LogP contribution < -0.4 is 15.0 Å². The number of likely N-dealkylation sites (tertiary alicyclic amines) is 1. The Balaban J connectivity index is 1.10. The second-order valence-corrected chi connectivity index (χ2v) is 11.0. The highest BCUT2D eigenvalue weighted by Gasteiger charge is 2.31. The minimum Gasteiger partial charge on any atom is -0.489 e. The van der Waals surface area contributed by atoms with E-state index in [2.05, 4.69) is 63.6 Å². The van der Waals surface area contributed by atoms with E-state index in [-0.39, 0.29) is 17.9 Å². The summed E-state index contributed by atoms with van der Waals surface area (Å²) >= 11 is 6.52. The van der Waals surface area contributed by atoms with Gasteiger partial charge in [0.05, 0.1) is 17.0 Å². The van der Waals surface area contributed by atoms with Gasteiger partial charge in [-0.2, -0.15) is 0 Å². The zero-order valence-electron chi connectivity index (χ0n) is 20.7. The Kier molecular flexibility index (Phi) is 6.77. The van der Waals surface area contributed by atoms with Gasteiger partial charge in [0.1, 0.15) is 5.75 Å². The number of benzene rings is 3. The molecule has 1 amide bonds. The molecule has 0 aromatic heterocycles. The standard InChI is InChI=1S/C30H34ClN3O2/c31-28-17-21(6-11-29(28)36-27-9-10-27)16-25(20-33-13-3-14-33)32-30(35)24-12-15-34(19-24)26-8-7-22-4-1-2-5-23(22)18-26/h1-2,4-8,11,17-18,24-25,27H,3,9-10,12-16,19-20H2,(H,32,35). The maximum atomic E-state index is 13.4. The molecular weight excluding hydrogens is 470 g/mol. The summed E-state index contributed by atoms with van der Waals surface area (Å²) in [5, 5.41) is 6.55. The Morgan fingerprint density at radius 3 is 2.58 bits per heavy atom. The van der Waals surface area contributed by atoms with Crippen molar-refractivity contribution >= 4 is 34.0 Å². The first-order valence-corrected chi connectivity index (χ1v) is 13.7. The third kappa shape index (κ3) is 5.47. The molecule has 2 saturated heterocycles. The van der Waals surface area contributed by atoms with Crippen LogP contribution in [0.4, 0.5) is 5.69 Å². The molecule has 5 nitrogen and oxygen atoms in total. The molecule has 2 unspecified atom stereocenters. The zero-order valence-corrected chi connectivity index (χ0v) is 21.4. The van der Waals surface area contributed by atoms with Crippen LogP contribution in [0.25, 0.3) is 10.8 Å². The van der Waals surface area contributed by atoms with Crippen molar-refractivity contribution in [3.63, 3.8) is 0 Å². The van der Waals surface area contributed by atoms with Gasteiger partial charge in [-0.1, -0.05) is 48.0 Å². The summed E-state index contributed by atoms with van der Waals surface area (Å²) in [6, 6.07) is 21.2. The number of amides is 1. The molecule has 1 aliphatic carbocycles. The summed E-state index contributed by atoms with van der Waals surface area (Å²) in [5.74, 6) is 0.947. The molecule has 2 atom stereocenters. The van der Waals surface area contributed by atoms with Crippen molar-refractivity contribution < 1.29 is 9.53 Å². The van der Waals surface area contributed by atoms with Crippen molar-refractivity contribution in [1.29, 1.82) is 0 Å². The van der Waals surface area contributed by atoms with E-state index in [0.29, 0.717) is 11.1 Å². The Hall–Kier alpha value is -2.76. The predicted octanol–water partition coefficient (Wildman–Crippen LogP) is 5.29. The average Bonchev–Trinajstić information content (AvgIpc) is 3.54. The van der Waals surface area contributed by atoms with Crippen LogP contribution in [0.1, 0.15) is 31.2 Å². The molecular formula is C30H34ClN3O2. The van der Waals surface area contributed by atoms with E-state index in [1.54, 1.807) is 0 Å². The van der Waals surface area contributed by atoms with Crippen LogP contribution in [0.2, 0.25) is 5.02 Å². The molecule has 2 aliphatic heterocycles. The normalized spacial score (nSPS) is 20.8. The smallest absolute Gasteiger partial charge is 0.225 e. The minimum absolute atomic E-state index is 0.00765. The van der Waals surface area contributed by atoms with Gasteiger partial charge in [-0.05, 0) is 85.8 Å². The molecule has 0 radical (unpaired) electrons. The number of fused-ring (bicyclic) bond motifs is 1. The molecule has 3 aromatic rings. The van der Waals surface area contributed by atoms with Crippen molar-refractivity contribution in [3.05, 3.63) is 71.2 Å². The molecule has 0 spiro atoms. The first-order chi connectivity index (χ1) is 17.6. The molecule has 2 heterocycles. The molecule has 6 heteroatoms. The SMILES string of the molecule is O=C(NC(Cc1ccc(OC2CC2)c(Cl)c1)CN1CCC1)C1CCN(c2ccc3ccccc3c2)C1. The number of rotatable bonds is 9. The topological polar surface area (TPSA) is 44.8 Å². The van der Waals surface area contributed by atoms with Crippen LogP contribution in [-0.4, -0.2) is 55.7 Å². The fraction of sp³-hybridized carbons (Fsp3) is 0.433. The summed E-state index contributed by atoms with van der Waals surface area (Å²) in [7, 11) is 0. The van der Waals surface area contributed by atoms with Gasteiger partial charge >= 0.3 is 0 Å². The van der Waals surface area contributed by atoms with Gasteiger partial charge in [0.25, 0.3) is 0 Å². The number of nitrogens with one attached hydrogen (secondary N) is 1. The van der Waals surface area contributed by atoms with Gasteiger partial charge in [0.15, 0.2) is 0 Å². The van der Waals surface area contributed by atoms with E-state index in [1.807, 2.05) is 12.1 Å². The van der Waals surface area contributed by atoms with E-state index in [0.717, 1.165) is 69.7 Å². The largest absolute Gasteiger partial charge is 0.489 e. The van der Waals surface area contributed by atoms with Crippen LogP contribution in [-0.2, 0) is 11.2 Å². The third-order valence-corrected chi connectivity index (χ3v) is 8.02. The highest BCUT2D eigenvalue weighted by atomic mass is 35.5. The summed E-state index contributed by atoms with van der Waals surface area (Å²) in [4.78, 5) is 18.1. The molecule has 188 valence electrons. The van der Waals surface area contributed by atoms with Crippen LogP contribution >= 0.6 is 11.6 Å². The lowest BCUT2D eigenvalue weighted by Gasteiger charge is -2.35. The van der Waals surface area contributed by atoms with Gasteiger partial charge < -0.3 is 19.9 Å². The Bertz CT molecular complexity index is 1240. The number of anilines is 1. The van der Waals surface area contributed by atoms with Crippen LogP contribution in [0, 0.1) is 5.92 Å². The van der Waals surface area contributed by atoms with Gasteiger partial charge in [0.2, 0.25) is 5.91 Å². The first-order valence-electron chi connectivity index (χ1n) is 13.3. The summed E-state index contributed by atoms with van der Waals surface area (Å²) < 4.78 is 5.89. The Labute approximate surface area is 218 Å². The average molecular weight is 504 g/mol. The van der Waals surface area contributed by atoms with E-state index >= 15 is 0 Å². The maximum Gasteiger partial charge on any atom is 0.225 e. The summed E-state index contributed by atoms with van der Waals surface area (Å²) in [6.07, 6.45) is 5.44. The minimum atomic E-state index is 0.00765. The number of hydrogen-bond donors (Lipinski definition) is 1. The Morgan fingerprint density at radius 1 is 1.00 bits per heavy atom. The quantitative estimate of drug-likeness (QED) is 0.430. The van der Waals surface area contributed by atoms with Crippen LogP contribution in [0.5, 0.6) is 5.75 Å². The van der Waals surface area contributed by atoms with Gasteiger partial charge in [0, 0.05) is 31.4 Å². The van der Waals surface area contributed by atoms with E-state index in [1.165, 1.54) is 22.9 Å². The maximum absolute atomic E-state index is 13.4. The van der Waals surface area contributed by atoms with Crippen LogP contribution in [0.3, 0.4) is 0 Å². The van der Waals surface area contributed by atoms with Gasteiger partial charge in [-0.25, -0.2) is 0 Å². The lowest BCUT2D eigenvalue weighted by molar-refractivity contribution is -0.125. The summed E-state index contributed by atoms with van der Waals surface area (Å²) in [6.45, 7) is 4.77. The fourth-order valence-electron chi connectivity index (χ4n) is 5.36. The third-order valence-electron chi connectivity index (χ3n) is 7.73. The van der Waals surface area contributed by atoms with E-state index in [4.69, 9.17) is 16.3 Å². The van der Waals surface area contributed by atoms with Crippen molar-refractivity contribution in [3.8, 4) is 5.75 Å². The van der Waals surface area contributed by atoms with E-state index < -0.39 is 0 Å².